The third kappa shape index (κ3) is 4.25. The lowest BCUT2D eigenvalue weighted by molar-refractivity contribution is 0.0959. The Morgan fingerprint density at radius 2 is 2.21 bits per heavy atom. The second-order valence-corrected chi connectivity index (χ2v) is 9.22. The molecule has 1 aliphatic rings. The smallest absolute Gasteiger partial charge is 0.266 e. The molecule has 3 aromatic rings. The lowest BCUT2D eigenvalue weighted by atomic mass is 9.90. The third-order valence-corrected chi connectivity index (χ3v) is 6.85. The normalized spacial score (nSPS) is 16.2. The van der Waals surface area contributed by atoms with Gasteiger partial charge in [-0.2, -0.15) is 10.2 Å². The van der Waals surface area contributed by atoms with Crippen molar-refractivity contribution in [2.75, 3.05) is 0 Å². The number of hydrazone groups is 1. The fourth-order valence-corrected chi connectivity index (χ4v) is 5.07. The number of aryl methyl sites for hydroxylation is 2. The topological polar surface area (TPSA) is 59.3 Å². The summed E-state index contributed by atoms with van der Waals surface area (Å²) in [5.41, 5.74) is 6.00. The van der Waals surface area contributed by atoms with Crippen molar-refractivity contribution in [1.82, 2.24) is 15.2 Å². The van der Waals surface area contributed by atoms with Crippen LogP contribution >= 0.6 is 34.5 Å². The van der Waals surface area contributed by atoms with Gasteiger partial charge in [-0.15, -0.1) is 11.3 Å². The molecule has 0 radical (unpaired) electrons. The van der Waals surface area contributed by atoms with Gasteiger partial charge in [0.1, 0.15) is 5.15 Å². The second-order valence-electron chi connectivity index (χ2n) is 7.29. The summed E-state index contributed by atoms with van der Waals surface area (Å²) in [6.07, 6.45) is 4.80. The van der Waals surface area contributed by atoms with E-state index in [-0.39, 0.29) is 5.91 Å². The molecule has 5 nitrogen and oxygen atoms in total. The Kier molecular flexibility index (Phi) is 5.76. The molecular formula is C21H20Cl2N4OS. The summed E-state index contributed by atoms with van der Waals surface area (Å²) in [7, 11) is 0. The number of nitrogens with one attached hydrogen (secondary N) is 1. The van der Waals surface area contributed by atoms with E-state index in [0.29, 0.717) is 32.2 Å². The van der Waals surface area contributed by atoms with Crippen LogP contribution in [0.5, 0.6) is 0 Å². The number of carbonyl (C=O) groups is 1. The van der Waals surface area contributed by atoms with Crippen molar-refractivity contribution in [2.24, 2.45) is 11.0 Å². The van der Waals surface area contributed by atoms with Gasteiger partial charge in [-0.3, -0.25) is 4.79 Å². The zero-order chi connectivity index (χ0) is 20.5. The van der Waals surface area contributed by atoms with E-state index in [1.165, 1.54) is 23.1 Å². The Bertz CT molecular complexity index is 1100. The van der Waals surface area contributed by atoms with Crippen LogP contribution < -0.4 is 5.43 Å². The first-order valence-corrected chi connectivity index (χ1v) is 11.0. The highest BCUT2D eigenvalue weighted by atomic mass is 35.5. The van der Waals surface area contributed by atoms with Crippen LogP contribution in [0.25, 0.3) is 5.69 Å². The fourth-order valence-electron chi connectivity index (χ4n) is 3.47. The number of hydrogen-bond donors (Lipinski definition) is 1. The van der Waals surface area contributed by atoms with Crippen molar-refractivity contribution in [3.05, 3.63) is 67.1 Å². The summed E-state index contributed by atoms with van der Waals surface area (Å²) >= 11 is 14.1. The molecule has 0 bridgehead atoms. The standard InChI is InChI=1S/C21H20Cl2N4OS/c1-12-6-7-18-14(8-12)9-19(29-18)21(28)25-24-11-17-13(2)26-27(20(17)23)16-5-3-4-15(22)10-16/h3-5,9-12H,6-8H2,1-2H3,(H,25,28). The molecule has 150 valence electrons. The third-order valence-electron chi connectivity index (χ3n) is 5.01. The molecule has 1 unspecified atom stereocenters. The van der Waals surface area contributed by atoms with Crippen molar-refractivity contribution < 1.29 is 4.79 Å². The van der Waals surface area contributed by atoms with Gasteiger partial charge >= 0.3 is 0 Å². The first-order valence-electron chi connectivity index (χ1n) is 9.38. The highest BCUT2D eigenvalue weighted by Crippen LogP contribution is 2.32. The summed E-state index contributed by atoms with van der Waals surface area (Å²) in [6.45, 7) is 4.09. The van der Waals surface area contributed by atoms with E-state index in [9.17, 15) is 4.79 Å². The lowest BCUT2D eigenvalue weighted by Crippen LogP contribution is -2.16. The van der Waals surface area contributed by atoms with Gasteiger partial charge in [-0.1, -0.05) is 36.2 Å². The van der Waals surface area contributed by atoms with Crippen molar-refractivity contribution in [3.8, 4) is 5.69 Å². The molecule has 0 spiro atoms. The number of fused-ring (bicyclic) bond motifs is 1. The summed E-state index contributed by atoms with van der Waals surface area (Å²) in [4.78, 5) is 14.5. The minimum Gasteiger partial charge on any atom is -0.266 e. The quantitative estimate of drug-likeness (QED) is 0.428. The van der Waals surface area contributed by atoms with Crippen LogP contribution in [-0.2, 0) is 12.8 Å². The number of hydrogen-bond acceptors (Lipinski definition) is 4. The Balaban J connectivity index is 1.49. The lowest BCUT2D eigenvalue weighted by Gasteiger charge is -2.16. The van der Waals surface area contributed by atoms with Gasteiger partial charge in [-0.05, 0) is 61.9 Å². The summed E-state index contributed by atoms with van der Waals surface area (Å²) in [5.74, 6) is 0.469. The molecule has 0 saturated carbocycles. The highest BCUT2D eigenvalue weighted by Gasteiger charge is 2.20. The van der Waals surface area contributed by atoms with E-state index < -0.39 is 0 Å². The van der Waals surface area contributed by atoms with Crippen LogP contribution in [0.1, 0.15) is 44.7 Å². The summed E-state index contributed by atoms with van der Waals surface area (Å²) in [6, 6.07) is 9.26. The average molecular weight is 447 g/mol. The molecule has 1 amide bonds. The molecule has 2 heterocycles. The SMILES string of the molecule is Cc1nn(-c2cccc(Cl)c2)c(Cl)c1C=NNC(=O)c1cc2c(s1)CCC(C)C2. The minimum absolute atomic E-state index is 0.204. The Hall–Kier alpha value is -2.15. The van der Waals surface area contributed by atoms with Gasteiger partial charge in [0.2, 0.25) is 0 Å². The van der Waals surface area contributed by atoms with Gasteiger partial charge < -0.3 is 0 Å². The number of aromatic nitrogens is 2. The molecule has 1 atom stereocenters. The number of carbonyl (C=O) groups excluding carboxylic acids is 1. The van der Waals surface area contributed by atoms with E-state index in [1.54, 1.807) is 28.2 Å². The highest BCUT2D eigenvalue weighted by molar-refractivity contribution is 7.14. The molecule has 2 aromatic heterocycles. The first-order chi connectivity index (χ1) is 13.9. The van der Waals surface area contributed by atoms with Crippen molar-refractivity contribution in [1.29, 1.82) is 0 Å². The number of halogens is 2. The zero-order valence-corrected chi connectivity index (χ0v) is 18.4. The molecule has 8 heteroatoms. The maximum absolute atomic E-state index is 12.5. The molecular weight excluding hydrogens is 427 g/mol. The van der Waals surface area contributed by atoms with Crippen LogP contribution in [0.4, 0.5) is 0 Å². The van der Waals surface area contributed by atoms with E-state index in [0.717, 1.165) is 18.5 Å². The van der Waals surface area contributed by atoms with Gasteiger partial charge in [0.25, 0.3) is 5.91 Å². The van der Waals surface area contributed by atoms with Gasteiger partial charge in [0, 0.05) is 9.90 Å². The molecule has 4 rings (SSSR count). The molecule has 0 saturated heterocycles. The number of nitrogens with zero attached hydrogens (tertiary/aromatic N) is 3. The predicted octanol–water partition coefficient (Wildman–Crippen LogP) is 5.44. The number of rotatable bonds is 4. The molecule has 1 N–H and O–H groups in total. The molecule has 1 aromatic carbocycles. The van der Waals surface area contributed by atoms with Crippen molar-refractivity contribution >= 4 is 46.7 Å². The molecule has 29 heavy (non-hydrogen) atoms. The number of thiophene rings is 1. The Morgan fingerprint density at radius 3 is 3.00 bits per heavy atom. The van der Waals surface area contributed by atoms with E-state index in [4.69, 9.17) is 23.2 Å². The maximum atomic E-state index is 12.5. The maximum Gasteiger partial charge on any atom is 0.281 e. The van der Waals surface area contributed by atoms with Crippen LogP contribution in [0.3, 0.4) is 0 Å². The summed E-state index contributed by atoms with van der Waals surface area (Å²) < 4.78 is 1.60. The van der Waals surface area contributed by atoms with Crippen LogP contribution in [0, 0.1) is 12.8 Å². The van der Waals surface area contributed by atoms with Crippen LogP contribution in [0.15, 0.2) is 35.4 Å². The predicted molar refractivity (Wildman–Crippen MR) is 119 cm³/mol. The molecule has 0 aliphatic heterocycles. The minimum atomic E-state index is -0.204. The van der Waals surface area contributed by atoms with E-state index in [1.807, 2.05) is 25.1 Å². The van der Waals surface area contributed by atoms with Crippen molar-refractivity contribution in [2.45, 2.75) is 33.1 Å². The van der Waals surface area contributed by atoms with Gasteiger partial charge in [0.15, 0.2) is 0 Å². The largest absolute Gasteiger partial charge is 0.281 e. The van der Waals surface area contributed by atoms with Crippen molar-refractivity contribution in [3.63, 3.8) is 0 Å². The van der Waals surface area contributed by atoms with Gasteiger partial charge in [-0.25, -0.2) is 10.1 Å². The van der Waals surface area contributed by atoms with Gasteiger partial charge in [0.05, 0.1) is 28.0 Å². The summed E-state index contributed by atoms with van der Waals surface area (Å²) in [5, 5.41) is 9.56. The number of benzene rings is 1. The van der Waals surface area contributed by atoms with E-state index >= 15 is 0 Å². The molecule has 0 fully saturated rings. The van der Waals surface area contributed by atoms with Crippen LogP contribution in [0.2, 0.25) is 10.2 Å². The first kappa shape index (κ1) is 20.1. The van der Waals surface area contributed by atoms with Crippen LogP contribution in [-0.4, -0.2) is 21.9 Å². The zero-order valence-electron chi connectivity index (χ0n) is 16.1. The number of amides is 1. The van der Waals surface area contributed by atoms with E-state index in [2.05, 4.69) is 22.5 Å². The Morgan fingerprint density at radius 1 is 1.38 bits per heavy atom. The monoisotopic (exact) mass is 446 g/mol. The Labute approximate surface area is 183 Å². The average Bonchev–Trinajstić information content (AvgIpc) is 3.23. The molecule has 1 aliphatic carbocycles. The second kappa shape index (κ2) is 8.30. The fraction of sp³-hybridized carbons (Fsp3) is 0.286.